The van der Waals surface area contributed by atoms with E-state index in [1.54, 1.807) is 12.1 Å². The molecule has 3 rings (SSSR count). The van der Waals surface area contributed by atoms with Gasteiger partial charge in [-0.2, -0.15) is 0 Å². The molecule has 2 heterocycles. The normalized spacial score (nSPS) is 12.1. The van der Waals surface area contributed by atoms with Gasteiger partial charge >= 0.3 is 5.63 Å². The molecule has 0 atom stereocenters. The molecular weight excluding hydrogens is 208 g/mol. The summed E-state index contributed by atoms with van der Waals surface area (Å²) in [4.78, 5) is 11.3. The van der Waals surface area contributed by atoms with Gasteiger partial charge in [-0.15, -0.1) is 0 Å². The molecule has 0 unspecified atom stereocenters. The molecule has 0 amide bonds. The minimum atomic E-state index is -0.421. The number of benzene rings is 1. The fourth-order valence-corrected chi connectivity index (χ4v) is 1.67. The van der Waals surface area contributed by atoms with E-state index in [1.807, 2.05) is 13.0 Å². The topological polar surface area (TPSA) is 52.0 Å². The Kier molecular flexibility index (Phi) is 1.89. The number of hydrogen-bond acceptors (Lipinski definition) is 4. The molecule has 0 saturated carbocycles. The highest BCUT2D eigenvalue weighted by Crippen LogP contribution is 2.50. The summed E-state index contributed by atoms with van der Waals surface area (Å²) in [5.41, 5.74) is 0.0880. The van der Waals surface area contributed by atoms with Crippen LogP contribution in [0, 0.1) is 0 Å². The summed E-state index contributed by atoms with van der Waals surface area (Å²) in [6.45, 7) is 2.67. The second-order valence-corrected chi connectivity index (χ2v) is 3.63. The highest BCUT2D eigenvalue weighted by molar-refractivity contribution is 5.95. The average molecular weight is 218 g/mol. The van der Waals surface area contributed by atoms with Crippen molar-refractivity contribution in [1.29, 1.82) is 0 Å². The van der Waals surface area contributed by atoms with Crippen molar-refractivity contribution < 1.29 is 13.9 Å². The minimum absolute atomic E-state index is 0.306. The Morgan fingerprint density at radius 1 is 1.31 bits per heavy atom. The molecule has 4 nitrogen and oxygen atoms in total. The third-order valence-corrected chi connectivity index (χ3v) is 2.43. The lowest BCUT2D eigenvalue weighted by Crippen LogP contribution is -1.96. The van der Waals surface area contributed by atoms with Crippen LogP contribution in [0.2, 0.25) is 0 Å². The van der Waals surface area contributed by atoms with E-state index in [0.717, 1.165) is 11.8 Å². The first-order chi connectivity index (χ1) is 7.81. The number of hydrogen-bond donors (Lipinski definition) is 0. The Labute approximate surface area is 91.4 Å². The molecule has 0 bridgehead atoms. The molecule has 1 aliphatic heterocycles. The van der Waals surface area contributed by atoms with E-state index in [4.69, 9.17) is 13.9 Å². The molecule has 2 aromatic rings. The van der Waals surface area contributed by atoms with E-state index in [9.17, 15) is 4.79 Å². The van der Waals surface area contributed by atoms with Gasteiger partial charge in [-0.05, 0) is 18.6 Å². The third kappa shape index (κ3) is 1.26. The summed E-state index contributed by atoms with van der Waals surface area (Å²) in [7, 11) is 0. The van der Waals surface area contributed by atoms with Crippen LogP contribution in [0.5, 0.6) is 17.2 Å². The molecule has 0 fully saturated rings. The maximum atomic E-state index is 11.3. The van der Waals surface area contributed by atoms with Crippen LogP contribution in [0.3, 0.4) is 0 Å². The second kappa shape index (κ2) is 3.27. The fraction of sp³-hybridized carbons (Fsp3) is 0.250. The van der Waals surface area contributed by atoms with Crippen LogP contribution in [-0.2, 0) is 0 Å². The molecule has 1 aromatic carbocycles. The van der Waals surface area contributed by atoms with Crippen molar-refractivity contribution in [1.82, 2.24) is 0 Å². The van der Waals surface area contributed by atoms with E-state index >= 15 is 0 Å². The Morgan fingerprint density at radius 2 is 2.19 bits per heavy atom. The first-order valence-electron chi connectivity index (χ1n) is 5.21. The van der Waals surface area contributed by atoms with Gasteiger partial charge in [-0.3, -0.25) is 0 Å². The summed E-state index contributed by atoms with van der Waals surface area (Å²) >= 11 is 0. The van der Waals surface area contributed by atoms with Gasteiger partial charge in [0.05, 0.1) is 6.61 Å². The fourth-order valence-electron chi connectivity index (χ4n) is 1.67. The largest absolute Gasteiger partial charge is 0.493 e. The molecule has 0 spiro atoms. The Hall–Kier alpha value is -1.97. The highest BCUT2D eigenvalue weighted by atomic mass is 16.6. The smallest absolute Gasteiger partial charge is 0.383 e. The van der Waals surface area contributed by atoms with Crippen LogP contribution >= 0.6 is 0 Å². The van der Waals surface area contributed by atoms with Gasteiger partial charge in [-0.25, -0.2) is 4.79 Å². The van der Waals surface area contributed by atoms with Gasteiger partial charge in [0.1, 0.15) is 16.7 Å². The van der Waals surface area contributed by atoms with E-state index in [0.29, 0.717) is 29.4 Å². The van der Waals surface area contributed by atoms with E-state index in [2.05, 4.69) is 0 Å². The van der Waals surface area contributed by atoms with Crippen LogP contribution in [0.4, 0.5) is 0 Å². The van der Waals surface area contributed by atoms with Crippen LogP contribution in [0.1, 0.15) is 13.3 Å². The van der Waals surface area contributed by atoms with Crippen LogP contribution < -0.4 is 15.1 Å². The molecule has 1 aliphatic rings. The van der Waals surface area contributed by atoms with E-state index in [1.165, 1.54) is 0 Å². The molecule has 1 aromatic heterocycles. The Bertz CT molecular complexity index is 612. The third-order valence-electron chi connectivity index (χ3n) is 2.43. The van der Waals surface area contributed by atoms with Crippen LogP contribution in [0.25, 0.3) is 11.0 Å². The van der Waals surface area contributed by atoms with Crippen molar-refractivity contribution in [3.05, 3.63) is 28.6 Å². The lowest BCUT2D eigenvalue weighted by atomic mass is 10.2. The minimum Gasteiger partial charge on any atom is -0.493 e. The monoisotopic (exact) mass is 218 g/mol. The van der Waals surface area contributed by atoms with E-state index in [-0.39, 0.29) is 0 Å². The predicted molar refractivity (Wildman–Crippen MR) is 58.3 cm³/mol. The van der Waals surface area contributed by atoms with Crippen LogP contribution in [0.15, 0.2) is 27.4 Å². The van der Waals surface area contributed by atoms with Gasteiger partial charge in [0.25, 0.3) is 5.75 Å². The predicted octanol–water partition coefficient (Wildman–Crippen LogP) is 2.69. The highest BCUT2D eigenvalue weighted by Gasteiger charge is 2.32. The van der Waals surface area contributed by atoms with Crippen molar-refractivity contribution in [3.8, 4) is 17.2 Å². The molecule has 4 heteroatoms. The van der Waals surface area contributed by atoms with Gasteiger partial charge in [0, 0.05) is 0 Å². The molecule has 0 saturated heterocycles. The van der Waals surface area contributed by atoms with Gasteiger partial charge < -0.3 is 13.9 Å². The maximum Gasteiger partial charge on any atom is 0.383 e. The molecule has 0 N–H and O–H groups in total. The van der Waals surface area contributed by atoms with Crippen molar-refractivity contribution in [2.24, 2.45) is 0 Å². The molecule has 0 radical (unpaired) electrons. The lowest BCUT2D eigenvalue weighted by molar-refractivity contribution is 0.320. The maximum absolute atomic E-state index is 11.3. The number of fused-ring (bicyclic) bond motifs is 3. The standard InChI is InChI=1S/C12H10O4/c1-2-6-14-7-4-3-5-8-9(7)10-11(16-10)12(13)15-8/h3-5H,2,6H2,1H3. The zero-order valence-corrected chi connectivity index (χ0v) is 8.78. The van der Waals surface area contributed by atoms with Gasteiger partial charge in [0.2, 0.25) is 0 Å². The van der Waals surface area contributed by atoms with Gasteiger partial charge in [0.15, 0.2) is 5.75 Å². The van der Waals surface area contributed by atoms with Crippen molar-refractivity contribution in [2.45, 2.75) is 13.3 Å². The first-order valence-corrected chi connectivity index (χ1v) is 5.21. The molecular formula is C12H10O4. The number of rotatable bonds is 3. The Balaban J connectivity index is 2.20. The number of ether oxygens (including phenoxy) is 2. The first kappa shape index (κ1) is 9.27. The molecule has 0 aliphatic carbocycles. The SMILES string of the molecule is CCCOc1cccc2oc(=O)c3c(c12)O3. The van der Waals surface area contributed by atoms with Crippen molar-refractivity contribution in [3.63, 3.8) is 0 Å². The quantitative estimate of drug-likeness (QED) is 0.501. The van der Waals surface area contributed by atoms with Crippen molar-refractivity contribution in [2.75, 3.05) is 6.61 Å². The molecule has 82 valence electrons. The summed E-state index contributed by atoms with van der Waals surface area (Å²) < 4.78 is 15.8. The zero-order chi connectivity index (χ0) is 11.1. The second-order valence-electron chi connectivity index (χ2n) is 3.63. The summed E-state index contributed by atoms with van der Waals surface area (Å²) in [5, 5.41) is 0.755. The lowest BCUT2D eigenvalue weighted by Gasteiger charge is -2.05. The van der Waals surface area contributed by atoms with E-state index < -0.39 is 5.63 Å². The average Bonchev–Trinajstić information content (AvgIpc) is 3.06. The molecule has 16 heavy (non-hydrogen) atoms. The zero-order valence-electron chi connectivity index (χ0n) is 8.78. The van der Waals surface area contributed by atoms with Crippen molar-refractivity contribution >= 4 is 11.0 Å². The van der Waals surface area contributed by atoms with Crippen LogP contribution in [-0.4, -0.2) is 6.61 Å². The summed E-state index contributed by atoms with van der Waals surface area (Å²) in [6.07, 6.45) is 0.927. The Morgan fingerprint density at radius 3 is 3.00 bits per heavy atom. The van der Waals surface area contributed by atoms with Gasteiger partial charge in [-0.1, -0.05) is 13.0 Å². The summed E-state index contributed by atoms with van der Waals surface area (Å²) in [6, 6.07) is 5.38. The summed E-state index contributed by atoms with van der Waals surface area (Å²) in [5.74, 6) is 1.61.